The second-order valence-electron chi connectivity index (χ2n) is 10.0. The largest absolute Gasteiger partial charge is 0.508 e. The summed E-state index contributed by atoms with van der Waals surface area (Å²) in [5.74, 6) is -0.547. The van der Waals surface area contributed by atoms with Gasteiger partial charge in [0.25, 0.3) is 0 Å². The molecule has 4 aromatic carbocycles. The number of fused-ring (bicyclic) bond motifs is 2. The standard InChI is InChI=1S/2C16H14O6/c1-21-14-3-2-8(4-12(14)19)16-13(20)7-10-11(18)5-9(17)6-15(10)22-16;1-21-13-3-2-8(4-10(13)18)14-7-12(20)16-11(19)5-9(17)6-15(16)22-14/h2-6,16-19H,7H2,1H3;2-6,14,17-19H,7H2,1H3/t;14-/m.0/s1. The summed E-state index contributed by atoms with van der Waals surface area (Å²) in [5.41, 5.74) is 1.47. The van der Waals surface area contributed by atoms with E-state index in [4.69, 9.17) is 18.9 Å². The molecule has 2 aliphatic rings. The molecule has 0 fully saturated rings. The fraction of sp³-hybridized carbons (Fsp3) is 0.188. The van der Waals surface area contributed by atoms with Gasteiger partial charge in [0.15, 0.2) is 40.7 Å². The zero-order valence-corrected chi connectivity index (χ0v) is 23.5. The summed E-state index contributed by atoms with van der Waals surface area (Å²) in [7, 11) is 2.87. The van der Waals surface area contributed by atoms with Crippen LogP contribution in [0.1, 0.15) is 45.7 Å². The van der Waals surface area contributed by atoms with Gasteiger partial charge in [0, 0.05) is 41.8 Å². The van der Waals surface area contributed by atoms with Gasteiger partial charge in [0.05, 0.1) is 20.6 Å². The third-order valence-corrected chi connectivity index (χ3v) is 7.12. The van der Waals surface area contributed by atoms with E-state index in [9.17, 15) is 40.2 Å². The Bertz CT molecular complexity index is 1760. The van der Waals surface area contributed by atoms with Crippen molar-refractivity contribution < 1.29 is 59.2 Å². The van der Waals surface area contributed by atoms with Gasteiger partial charge in [-0.1, -0.05) is 12.1 Å². The van der Waals surface area contributed by atoms with Crippen LogP contribution in [0.2, 0.25) is 0 Å². The normalized spacial score (nSPS) is 16.8. The monoisotopic (exact) mass is 604 g/mol. The van der Waals surface area contributed by atoms with E-state index in [2.05, 4.69) is 0 Å². The maximum atomic E-state index is 12.2. The first-order valence-electron chi connectivity index (χ1n) is 13.2. The first-order valence-corrected chi connectivity index (χ1v) is 13.2. The van der Waals surface area contributed by atoms with Crippen LogP contribution in [0.15, 0.2) is 60.7 Å². The number of hydrogen-bond acceptors (Lipinski definition) is 12. The minimum Gasteiger partial charge on any atom is -0.508 e. The molecule has 0 saturated heterocycles. The van der Waals surface area contributed by atoms with Crippen molar-refractivity contribution in [2.75, 3.05) is 14.2 Å². The molecule has 1 unspecified atom stereocenters. The Hall–Kier alpha value is -5.78. The van der Waals surface area contributed by atoms with Crippen LogP contribution >= 0.6 is 0 Å². The molecule has 12 heteroatoms. The highest BCUT2D eigenvalue weighted by atomic mass is 16.5. The highest BCUT2D eigenvalue weighted by Gasteiger charge is 2.33. The molecule has 0 radical (unpaired) electrons. The number of phenols is 6. The number of ketones is 2. The van der Waals surface area contributed by atoms with E-state index in [1.807, 2.05) is 0 Å². The van der Waals surface area contributed by atoms with Crippen LogP contribution in [0.25, 0.3) is 0 Å². The molecule has 0 bridgehead atoms. The van der Waals surface area contributed by atoms with Crippen LogP contribution in [-0.2, 0) is 11.2 Å². The zero-order chi connectivity index (χ0) is 31.7. The lowest BCUT2D eigenvalue weighted by Gasteiger charge is -2.26. The summed E-state index contributed by atoms with van der Waals surface area (Å²) in [6.45, 7) is 0. The number of hydrogen-bond donors (Lipinski definition) is 6. The Balaban J connectivity index is 0.000000175. The predicted octanol–water partition coefficient (Wildman–Crippen LogP) is 4.58. The molecular weight excluding hydrogens is 576 g/mol. The van der Waals surface area contributed by atoms with Gasteiger partial charge in [-0.15, -0.1) is 0 Å². The molecule has 0 saturated carbocycles. The third-order valence-electron chi connectivity index (χ3n) is 7.12. The fourth-order valence-electron chi connectivity index (χ4n) is 5.00. The fourth-order valence-corrected chi connectivity index (χ4v) is 5.00. The maximum absolute atomic E-state index is 12.2. The Morgan fingerprint density at radius 3 is 1.84 bits per heavy atom. The maximum Gasteiger partial charge on any atom is 0.182 e. The molecule has 2 heterocycles. The van der Waals surface area contributed by atoms with Crippen molar-refractivity contribution >= 4 is 11.6 Å². The van der Waals surface area contributed by atoms with Gasteiger partial charge in [-0.05, 0) is 29.8 Å². The summed E-state index contributed by atoms with van der Waals surface area (Å²) in [4.78, 5) is 24.4. The van der Waals surface area contributed by atoms with E-state index >= 15 is 0 Å². The molecule has 0 aromatic heterocycles. The average molecular weight is 605 g/mol. The second-order valence-corrected chi connectivity index (χ2v) is 10.0. The summed E-state index contributed by atoms with van der Waals surface area (Å²) >= 11 is 0. The van der Waals surface area contributed by atoms with E-state index < -0.39 is 12.2 Å². The van der Waals surface area contributed by atoms with E-state index in [1.165, 1.54) is 44.6 Å². The van der Waals surface area contributed by atoms with Crippen LogP contribution < -0.4 is 18.9 Å². The zero-order valence-electron chi connectivity index (χ0n) is 23.5. The quantitative estimate of drug-likeness (QED) is 0.190. The van der Waals surface area contributed by atoms with Crippen molar-refractivity contribution in [3.63, 3.8) is 0 Å². The first-order chi connectivity index (χ1) is 21.0. The highest BCUT2D eigenvalue weighted by molar-refractivity contribution is 6.02. The molecule has 6 N–H and O–H groups in total. The highest BCUT2D eigenvalue weighted by Crippen LogP contribution is 2.43. The molecule has 0 spiro atoms. The number of rotatable bonds is 4. The molecule has 2 atom stereocenters. The smallest absolute Gasteiger partial charge is 0.182 e. The van der Waals surface area contributed by atoms with Gasteiger partial charge in [-0.2, -0.15) is 0 Å². The second kappa shape index (κ2) is 11.8. The molecular formula is C32H28O12. The Morgan fingerprint density at radius 2 is 1.23 bits per heavy atom. The van der Waals surface area contributed by atoms with Crippen LogP contribution in [-0.4, -0.2) is 56.4 Å². The molecule has 12 nitrogen and oxygen atoms in total. The van der Waals surface area contributed by atoms with Crippen molar-refractivity contribution in [1.29, 1.82) is 0 Å². The van der Waals surface area contributed by atoms with E-state index in [1.54, 1.807) is 18.2 Å². The molecule has 228 valence electrons. The number of carbonyl (C=O) groups is 2. The summed E-state index contributed by atoms with van der Waals surface area (Å²) in [6.07, 6.45) is -1.51. The lowest BCUT2D eigenvalue weighted by Crippen LogP contribution is -2.25. The predicted molar refractivity (Wildman–Crippen MR) is 153 cm³/mol. The number of phenolic OH excluding ortho intramolecular Hbond substituents is 6. The van der Waals surface area contributed by atoms with Gasteiger partial charge in [-0.3, -0.25) is 9.59 Å². The van der Waals surface area contributed by atoms with Gasteiger partial charge >= 0.3 is 0 Å². The average Bonchev–Trinajstić information content (AvgIpc) is 2.97. The van der Waals surface area contributed by atoms with Gasteiger partial charge in [0.2, 0.25) is 0 Å². The Morgan fingerprint density at radius 1 is 0.659 bits per heavy atom. The lowest BCUT2D eigenvalue weighted by molar-refractivity contribution is -0.126. The van der Waals surface area contributed by atoms with Crippen LogP contribution in [0.4, 0.5) is 0 Å². The number of Topliss-reactive ketones (excluding diaryl/α,β-unsaturated/α-hetero) is 2. The molecule has 6 rings (SSSR count). The summed E-state index contributed by atoms with van der Waals surface area (Å²) in [6, 6.07) is 14.2. The van der Waals surface area contributed by atoms with E-state index in [0.29, 0.717) is 28.2 Å². The third kappa shape index (κ3) is 5.77. The van der Waals surface area contributed by atoms with Gasteiger partial charge < -0.3 is 49.6 Å². The molecule has 0 amide bonds. The van der Waals surface area contributed by atoms with Crippen LogP contribution in [0.3, 0.4) is 0 Å². The molecule has 2 aliphatic heterocycles. The van der Waals surface area contributed by atoms with Gasteiger partial charge in [0.1, 0.15) is 46.2 Å². The van der Waals surface area contributed by atoms with Crippen LogP contribution in [0.5, 0.6) is 57.5 Å². The Labute approximate surface area is 250 Å². The van der Waals surface area contributed by atoms with Crippen molar-refractivity contribution in [3.05, 3.63) is 82.9 Å². The lowest BCUT2D eigenvalue weighted by atomic mass is 9.95. The van der Waals surface area contributed by atoms with E-state index in [0.717, 1.165) is 12.1 Å². The van der Waals surface area contributed by atoms with Crippen molar-refractivity contribution in [1.82, 2.24) is 0 Å². The SMILES string of the molecule is COc1ccc(C2Oc3cc(O)cc(O)c3CC2=O)cc1O.COc1ccc([C@@H]2CC(=O)c3c(O)cc(O)cc3O2)cc1O. The minimum atomic E-state index is -0.912. The first kappa shape index (κ1) is 29.7. The van der Waals surface area contributed by atoms with Gasteiger partial charge in [-0.25, -0.2) is 0 Å². The van der Waals surface area contributed by atoms with Crippen molar-refractivity contribution in [2.45, 2.75) is 25.0 Å². The number of benzene rings is 4. The van der Waals surface area contributed by atoms with Crippen molar-refractivity contribution in [3.8, 4) is 57.5 Å². The molecule has 0 aliphatic carbocycles. The summed E-state index contributed by atoms with van der Waals surface area (Å²) in [5, 5.41) is 58.2. The summed E-state index contributed by atoms with van der Waals surface area (Å²) < 4.78 is 21.2. The molecule has 4 aromatic rings. The van der Waals surface area contributed by atoms with Crippen molar-refractivity contribution in [2.24, 2.45) is 0 Å². The topological polar surface area (TPSA) is 192 Å². The number of carbonyl (C=O) groups excluding carboxylic acids is 2. The Kier molecular flexibility index (Phi) is 7.99. The number of ether oxygens (including phenoxy) is 4. The van der Waals surface area contributed by atoms with E-state index in [-0.39, 0.29) is 76.0 Å². The number of methoxy groups -OCH3 is 2. The molecule has 44 heavy (non-hydrogen) atoms. The number of aromatic hydroxyl groups is 6. The van der Waals surface area contributed by atoms with Crippen LogP contribution in [0, 0.1) is 0 Å². The minimum absolute atomic E-state index is 0.0150.